The van der Waals surface area contributed by atoms with Crippen LogP contribution < -0.4 is 16.0 Å². The number of imide groups is 1. The smallest absolute Gasteiger partial charge is 0.490 e. The number of carbonyl (C=O) groups excluding carboxylic acids is 5. The minimum absolute atomic E-state index is 0.0913. The third kappa shape index (κ3) is 13.8. The molecule has 0 radical (unpaired) electrons. The number of alkyl halides is 3. The van der Waals surface area contributed by atoms with E-state index in [0.29, 0.717) is 25.0 Å². The molecule has 3 heterocycles. The van der Waals surface area contributed by atoms with Gasteiger partial charge in [-0.25, -0.2) is 4.79 Å². The molecule has 14 nitrogen and oxygen atoms in total. The number of halogens is 3. The number of aromatic amines is 1. The van der Waals surface area contributed by atoms with E-state index in [2.05, 4.69) is 25.8 Å². The lowest BCUT2D eigenvalue weighted by molar-refractivity contribution is -0.192. The highest BCUT2D eigenvalue weighted by atomic mass is 19.4. The molecule has 57 heavy (non-hydrogen) atoms. The van der Waals surface area contributed by atoms with Crippen LogP contribution in [-0.4, -0.2) is 113 Å². The molecule has 0 spiro atoms. The molecular weight excluding hydrogens is 749 g/mol. The van der Waals surface area contributed by atoms with Crippen LogP contribution in [-0.2, 0) is 39.9 Å². The van der Waals surface area contributed by atoms with E-state index in [1.165, 1.54) is 30.2 Å². The summed E-state index contributed by atoms with van der Waals surface area (Å²) in [6.07, 6.45) is 3.61. The normalized spacial score (nSPS) is 18.2. The van der Waals surface area contributed by atoms with Crippen LogP contribution in [0.15, 0.2) is 54.4 Å². The number of likely N-dealkylation sites (tertiary alicyclic amines) is 1. The largest absolute Gasteiger partial charge is 0.499 e. The maximum Gasteiger partial charge on any atom is 0.490 e. The number of ether oxygens (including phenoxy) is 1. The molecule has 0 unspecified atom stereocenters. The van der Waals surface area contributed by atoms with E-state index in [4.69, 9.17) is 14.6 Å². The third-order valence-corrected chi connectivity index (χ3v) is 9.61. The Morgan fingerprint density at radius 1 is 0.947 bits per heavy atom. The quantitative estimate of drug-likeness (QED) is 0.165. The van der Waals surface area contributed by atoms with Crippen LogP contribution in [0.2, 0.25) is 0 Å². The number of para-hydroxylation sites is 1. The number of amides is 5. The molecule has 314 valence electrons. The van der Waals surface area contributed by atoms with Gasteiger partial charge in [-0.2, -0.15) is 13.2 Å². The zero-order valence-electron chi connectivity index (χ0n) is 33.4. The van der Waals surface area contributed by atoms with Crippen LogP contribution in [0.4, 0.5) is 13.2 Å². The molecule has 1 fully saturated rings. The first-order valence-electron chi connectivity index (χ1n) is 19.0. The van der Waals surface area contributed by atoms with E-state index in [1.54, 1.807) is 6.92 Å². The number of benzene rings is 1. The van der Waals surface area contributed by atoms with Gasteiger partial charge in [-0.05, 0) is 76.2 Å². The summed E-state index contributed by atoms with van der Waals surface area (Å²) in [6.45, 7) is 11.3. The molecule has 1 saturated heterocycles. The van der Waals surface area contributed by atoms with E-state index in [1.807, 2.05) is 65.2 Å². The van der Waals surface area contributed by atoms with Gasteiger partial charge in [-0.3, -0.25) is 28.9 Å². The third-order valence-electron chi connectivity index (χ3n) is 9.61. The molecule has 2 aliphatic rings. The highest BCUT2D eigenvalue weighted by molar-refractivity contribution is 6.08. The van der Waals surface area contributed by atoms with Crippen molar-refractivity contribution in [3.63, 3.8) is 0 Å². The van der Waals surface area contributed by atoms with Crippen molar-refractivity contribution in [3.8, 4) is 0 Å². The summed E-state index contributed by atoms with van der Waals surface area (Å²) < 4.78 is 37.2. The van der Waals surface area contributed by atoms with Gasteiger partial charge in [-0.15, -0.1) is 0 Å². The standard InChI is InChI=1S/C38H54N6O6.C2HF3O2/c1-23(2)18-30(42-38(49)31(19-24(3)4)41-36(47)26-14-16-43(6)17-15-26)37(48)40-25(5)12-13-34(45)44-32(33(50-7)21-35(44)46)20-27-22-39-29-11-9-8-10-28(27)29;3-2(4,5)1(6)7/h8-13,21-26,30-32,39H,14-20H2,1-7H3,(H,40,48)(H,41,47)(H,42,49);(H,6,7)/b13-12+;/t25-,30-,31-,32-;/m0./s1. The number of carboxylic acids is 1. The Balaban J connectivity index is 0.00000113. The highest BCUT2D eigenvalue weighted by Crippen LogP contribution is 2.28. The second-order valence-electron chi connectivity index (χ2n) is 15.3. The first kappa shape index (κ1) is 46.2. The number of methoxy groups -OCH3 is 1. The van der Waals surface area contributed by atoms with Crippen molar-refractivity contribution in [1.82, 2.24) is 30.7 Å². The van der Waals surface area contributed by atoms with Crippen LogP contribution in [0.1, 0.15) is 65.9 Å². The Kier molecular flexibility index (Phi) is 16.9. The van der Waals surface area contributed by atoms with E-state index in [9.17, 15) is 37.1 Å². The molecule has 4 atom stereocenters. The summed E-state index contributed by atoms with van der Waals surface area (Å²) in [5.74, 6) is -4.20. The predicted molar refractivity (Wildman–Crippen MR) is 206 cm³/mol. The van der Waals surface area contributed by atoms with Crippen LogP contribution in [0.25, 0.3) is 10.9 Å². The number of carboxylic acid groups (broad SMARTS) is 1. The Hall–Kier alpha value is -5.19. The molecular formula is C40H55F3N6O8. The second-order valence-corrected chi connectivity index (χ2v) is 15.3. The van der Waals surface area contributed by atoms with E-state index in [0.717, 1.165) is 42.4 Å². The molecule has 2 aliphatic heterocycles. The maximum atomic E-state index is 13.6. The number of aliphatic carboxylic acids is 1. The highest BCUT2D eigenvalue weighted by Gasteiger charge is 2.39. The SMILES string of the molecule is COC1=CC(=O)N(C(=O)/C=C/[C@H](C)NC(=O)[C@H](CC(C)C)NC(=O)[C@H](CC(C)C)NC(=O)C2CCN(C)CC2)[C@H]1Cc1c[nH]c2ccccc12.O=C(O)C(F)(F)F. The average Bonchev–Trinajstić information content (AvgIpc) is 3.69. The van der Waals surface area contributed by atoms with Gasteiger partial charge in [-0.1, -0.05) is 52.0 Å². The van der Waals surface area contributed by atoms with Crippen LogP contribution >= 0.6 is 0 Å². The number of carbonyl (C=O) groups is 6. The fourth-order valence-corrected chi connectivity index (χ4v) is 6.64. The van der Waals surface area contributed by atoms with Gasteiger partial charge in [0.05, 0.1) is 7.11 Å². The molecule has 17 heteroatoms. The Morgan fingerprint density at radius 2 is 1.51 bits per heavy atom. The van der Waals surface area contributed by atoms with Crippen molar-refractivity contribution < 1.29 is 51.8 Å². The van der Waals surface area contributed by atoms with Crippen LogP contribution in [0, 0.1) is 17.8 Å². The number of nitrogens with one attached hydrogen (secondary N) is 4. The first-order valence-corrected chi connectivity index (χ1v) is 19.0. The summed E-state index contributed by atoms with van der Waals surface area (Å²) in [7, 11) is 3.51. The van der Waals surface area contributed by atoms with Crippen LogP contribution in [0.3, 0.4) is 0 Å². The molecule has 2 aromatic rings. The number of hydrogen-bond donors (Lipinski definition) is 5. The number of hydrogen-bond acceptors (Lipinski definition) is 8. The van der Waals surface area contributed by atoms with Gasteiger partial charge in [0.2, 0.25) is 17.7 Å². The maximum absolute atomic E-state index is 13.6. The lowest BCUT2D eigenvalue weighted by Gasteiger charge is -2.30. The van der Waals surface area contributed by atoms with Gasteiger partial charge < -0.3 is 35.7 Å². The first-order chi connectivity index (χ1) is 26.7. The molecule has 0 aliphatic carbocycles. The Labute approximate surface area is 330 Å². The van der Waals surface area contributed by atoms with Crippen molar-refractivity contribution in [2.24, 2.45) is 17.8 Å². The van der Waals surface area contributed by atoms with E-state index >= 15 is 0 Å². The number of aromatic nitrogens is 1. The molecule has 5 amide bonds. The Bertz CT molecular complexity index is 1800. The molecule has 5 N–H and O–H groups in total. The molecule has 0 saturated carbocycles. The van der Waals surface area contributed by atoms with Crippen molar-refractivity contribution >= 4 is 46.4 Å². The minimum Gasteiger partial charge on any atom is -0.499 e. The summed E-state index contributed by atoms with van der Waals surface area (Å²) in [6, 6.07) is 4.98. The van der Waals surface area contributed by atoms with Crippen LogP contribution in [0.5, 0.6) is 0 Å². The fourth-order valence-electron chi connectivity index (χ4n) is 6.64. The molecule has 0 bridgehead atoms. The monoisotopic (exact) mass is 804 g/mol. The van der Waals surface area contributed by atoms with Crippen molar-refractivity contribution in [2.75, 3.05) is 27.2 Å². The summed E-state index contributed by atoms with van der Waals surface area (Å²) in [4.78, 5) is 82.1. The lowest BCUT2D eigenvalue weighted by atomic mass is 9.94. The minimum atomic E-state index is -5.08. The van der Waals surface area contributed by atoms with Gasteiger partial charge in [0.15, 0.2) is 0 Å². The fraction of sp³-hybridized carbons (Fsp3) is 0.550. The molecule has 4 rings (SSSR count). The zero-order chi connectivity index (χ0) is 42.6. The second kappa shape index (κ2) is 20.8. The van der Waals surface area contributed by atoms with Gasteiger partial charge >= 0.3 is 12.1 Å². The van der Waals surface area contributed by atoms with E-state index < -0.39 is 59.9 Å². The molecule has 1 aromatic heterocycles. The number of nitrogens with zero attached hydrogens (tertiary/aromatic N) is 2. The van der Waals surface area contributed by atoms with Gasteiger partial charge in [0.25, 0.3) is 11.8 Å². The van der Waals surface area contributed by atoms with Crippen molar-refractivity contribution in [2.45, 2.75) is 97.1 Å². The van der Waals surface area contributed by atoms with Gasteiger partial charge in [0, 0.05) is 47.6 Å². The summed E-state index contributed by atoms with van der Waals surface area (Å²) in [5, 5.41) is 16.9. The zero-order valence-corrected chi connectivity index (χ0v) is 33.4. The summed E-state index contributed by atoms with van der Waals surface area (Å²) >= 11 is 0. The predicted octanol–water partition coefficient (Wildman–Crippen LogP) is 4.08. The topological polar surface area (TPSA) is 190 Å². The number of H-pyrrole nitrogens is 1. The van der Waals surface area contributed by atoms with Crippen molar-refractivity contribution in [3.05, 3.63) is 60.0 Å². The number of piperidine rings is 1. The number of rotatable bonds is 15. The lowest BCUT2D eigenvalue weighted by Crippen LogP contribution is -2.56. The van der Waals surface area contributed by atoms with E-state index in [-0.39, 0.29) is 23.7 Å². The average molecular weight is 805 g/mol. The van der Waals surface area contributed by atoms with Gasteiger partial charge in [0.1, 0.15) is 23.9 Å². The Morgan fingerprint density at radius 3 is 2.07 bits per heavy atom. The van der Waals surface area contributed by atoms with Crippen molar-refractivity contribution in [1.29, 1.82) is 0 Å². The molecule has 1 aromatic carbocycles. The summed E-state index contributed by atoms with van der Waals surface area (Å²) in [5.41, 5.74) is 1.90. The number of fused-ring (bicyclic) bond motifs is 1.